The van der Waals surface area contributed by atoms with Gasteiger partial charge in [-0.2, -0.15) is 0 Å². The molecule has 0 aromatic carbocycles. The van der Waals surface area contributed by atoms with Crippen LogP contribution in [0.4, 0.5) is 0 Å². The quantitative estimate of drug-likeness (QED) is 0.910. The lowest BCUT2D eigenvalue weighted by Crippen LogP contribution is -2.35. The highest BCUT2D eigenvalue weighted by Crippen LogP contribution is 2.49. The van der Waals surface area contributed by atoms with Crippen molar-refractivity contribution in [3.8, 4) is 0 Å². The Bertz CT molecular complexity index is 389. The van der Waals surface area contributed by atoms with Gasteiger partial charge in [0.1, 0.15) is 5.76 Å². The zero-order valence-corrected chi connectivity index (χ0v) is 11.9. The summed E-state index contributed by atoms with van der Waals surface area (Å²) in [7, 11) is 0. The number of furan rings is 1. The van der Waals surface area contributed by atoms with Crippen LogP contribution in [0.3, 0.4) is 0 Å². The molecule has 0 saturated heterocycles. The van der Waals surface area contributed by atoms with Gasteiger partial charge in [-0.05, 0) is 65.9 Å². The minimum atomic E-state index is 0.613. The first-order valence-corrected chi connectivity index (χ1v) is 7.48. The zero-order chi connectivity index (χ0) is 11.8. The normalized spacial score (nSPS) is 33.2. The Morgan fingerprint density at radius 1 is 1.47 bits per heavy atom. The maximum atomic E-state index is 5.43. The Kier molecular flexibility index (Phi) is 3.31. The van der Waals surface area contributed by atoms with Crippen molar-refractivity contribution < 1.29 is 4.42 Å². The van der Waals surface area contributed by atoms with Crippen molar-refractivity contribution in [2.45, 2.75) is 45.2 Å². The van der Waals surface area contributed by atoms with Crippen molar-refractivity contribution in [2.24, 2.45) is 17.8 Å². The lowest BCUT2D eigenvalue weighted by atomic mass is 9.84. The third-order valence-electron chi connectivity index (χ3n) is 4.71. The maximum Gasteiger partial charge on any atom is 0.131 e. The van der Waals surface area contributed by atoms with E-state index >= 15 is 0 Å². The fourth-order valence-electron chi connectivity index (χ4n) is 3.76. The molecule has 3 heteroatoms. The third-order valence-corrected chi connectivity index (χ3v) is 5.42. The van der Waals surface area contributed by atoms with E-state index in [1.54, 1.807) is 6.26 Å². The van der Waals surface area contributed by atoms with Crippen molar-refractivity contribution in [3.63, 3.8) is 0 Å². The average molecular weight is 298 g/mol. The average Bonchev–Trinajstić information content (AvgIpc) is 3.01. The lowest BCUT2D eigenvalue weighted by Gasteiger charge is -2.28. The molecular formula is C14H20BrNO. The van der Waals surface area contributed by atoms with Crippen molar-refractivity contribution >= 4 is 15.9 Å². The molecule has 1 N–H and O–H groups in total. The van der Waals surface area contributed by atoms with Crippen molar-refractivity contribution in [2.75, 3.05) is 0 Å². The van der Waals surface area contributed by atoms with Gasteiger partial charge in [0.15, 0.2) is 0 Å². The fraction of sp³-hybridized carbons (Fsp3) is 0.714. The predicted molar refractivity (Wildman–Crippen MR) is 71.6 cm³/mol. The molecule has 2 aliphatic carbocycles. The molecule has 4 atom stereocenters. The highest BCUT2D eigenvalue weighted by atomic mass is 79.9. The van der Waals surface area contributed by atoms with Gasteiger partial charge in [-0.25, -0.2) is 0 Å². The topological polar surface area (TPSA) is 25.2 Å². The standard InChI is InChI=1S/C14H20BrNO/c1-9(12-7-10-2-3-11(12)6-10)16-8-14-13(15)4-5-17-14/h4-5,9-12,16H,2-3,6-8H2,1H3. The molecule has 0 radical (unpaired) electrons. The van der Waals surface area contributed by atoms with Gasteiger partial charge >= 0.3 is 0 Å². The van der Waals surface area contributed by atoms with Crippen molar-refractivity contribution in [3.05, 3.63) is 22.6 Å². The van der Waals surface area contributed by atoms with Crippen LogP contribution in [0.15, 0.2) is 21.2 Å². The van der Waals surface area contributed by atoms with Crippen LogP contribution < -0.4 is 5.32 Å². The van der Waals surface area contributed by atoms with Crippen LogP contribution in [-0.2, 0) is 6.54 Å². The molecule has 2 fully saturated rings. The lowest BCUT2D eigenvalue weighted by molar-refractivity contribution is 0.255. The molecule has 1 heterocycles. The van der Waals surface area contributed by atoms with E-state index in [0.29, 0.717) is 6.04 Å². The van der Waals surface area contributed by atoms with Crippen LogP contribution >= 0.6 is 15.9 Å². The van der Waals surface area contributed by atoms with Crippen LogP contribution in [0.25, 0.3) is 0 Å². The van der Waals surface area contributed by atoms with Crippen molar-refractivity contribution in [1.82, 2.24) is 5.32 Å². The molecule has 0 spiro atoms. The van der Waals surface area contributed by atoms with E-state index in [2.05, 4.69) is 28.2 Å². The van der Waals surface area contributed by atoms with Gasteiger partial charge in [0.2, 0.25) is 0 Å². The molecule has 2 nitrogen and oxygen atoms in total. The number of hydrogen-bond donors (Lipinski definition) is 1. The van der Waals surface area contributed by atoms with E-state index in [1.165, 1.54) is 25.7 Å². The molecule has 0 amide bonds. The van der Waals surface area contributed by atoms with E-state index in [4.69, 9.17) is 4.42 Å². The van der Waals surface area contributed by atoms with E-state index < -0.39 is 0 Å². The summed E-state index contributed by atoms with van der Waals surface area (Å²) in [5.41, 5.74) is 0. The Morgan fingerprint density at radius 3 is 2.94 bits per heavy atom. The second kappa shape index (κ2) is 4.77. The van der Waals surface area contributed by atoms with Gasteiger partial charge < -0.3 is 9.73 Å². The first-order chi connectivity index (χ1) is 8.24. The van der Waals surface area contributed by atoms with Crippen LogP contribution in [0, 0.1) is 17.8 Å². The summed E-state index contributed by atoms with van der Waals surface area (Å²) >= 11 is 3.50. The maximum absolute atomic E-state index is 5.43. The van der Waals surface area contributed by atoms with E-state index in [1.807, 2.05) is 6.07 Å². The second-order valence-corrected chi connectivity index (χ2v) is 6.55. The summed E-state index contributed by atoms with van der Waals surface area (Å²) < 4.78 is 6.50. The minimum absolute atomic E-state index is 0.613. The Hall–Kier alpha value is -0.280. The van der Waals surface area contributed by atoms with E-state index in [9.17, 15) is 0 Å². The molecule has 2 bridgehead atoms. The number of hydrogen-bond acceptors (Lipinski definition) is 2. The number of rotatable bonds is 4. The molecule has 17 heavy (non-hydrogen) atoms. The SMILES string of the molecule is CC(NCc1occc1Br)C1CC2CCC1C2. The van der Waals surface area contributed by atoms with Gasteiger partial charge in [0, 0.05) is 6.04 Å². The number of halogens is 1. The van der Waals surface area contributed by atoms with Gasteiger partial charge in [-0.3, -0.25) is 0 Å². The first-order valence-electron chi connectivity index (χ1n) is 6.69. The van der Waals surface area contributed by atoms with Gasteiger partial charge in [-0.15, -0.1) is 0 Å². The van der Waals surface area contributed by atoms with Gasteiger partial charge in [0.05, 0.1) is 17.3 Å². The van der Waals surface area contributed by atoms with Crippen molar-refractivity contribution in [1.29, 1.82) is 0 Å². The largest absolute Gasteiger partial charge is 0.467 e. The molecule has 1 aromatic heterocycles. The summed E-state index contributed by atoms with van der Waals surface area (Å²) in [6.45, 7) is 3.17. The molecule has 2 saturated carbocycles. The summed E-state index contributed by atoms with van der Waals surface area (Å²) in [4.78, 5) is 0. The number of nitrogens with one attached hydrogen (secondary N) is 1. The molecular weight excluding hydrogens is 278 g/mol. The fourth-order valence-corrected chi connectivity index (χ4v) is 4.10. The Labute approximate surface area is 111 Å². The van der Waals surface area contributed by atoms with E-state index in [0.717, 1.165) is 34.5 Å². The molecule has 0 aliphatic heterocycles. The minimum Gasteiger partial charge on any atom is -0.467 e. The molecule has 3 rings (SSSR count). The summed E-state index contributed by atoms with van der Waals surface area (Å²) in [5.74, 6) is 3.93. The predicted octanol–water partition coefficient (Wildman–Crippen LogP) is 3.96. The Morgan fingerprint density at radius 2 is 2.35 bits per heavy atom. The molecule has 1 aromatic rings. The van der Waals surface area contributed by atoms with Crippen LogP contribution in [-0.4, -0.2) is 6.04 Å². The Balaban J connectivity index is 1.54. The van der Waals surface area contributed by atoms with Crippen LogP contribution in [0.2, 0.25) is 0 Å². The highest BCUT2D eigenvalue weighted by Gasteiger charge is 2.41. The molecule has 4 unspecified atom stereocenters. The summed E-state index contributed by atoms with van der Waals surface area (Å²) in [6.07, 6.45) is 7.62. The summed E-state index contributed by atoms with van der Waals surface area (Å²) in [6, 6.07) is 2.57. The summed E-state index contributed by atoms with van der Waals surface area (Å²) in [5, 5.41) is 3.63. The van der Waals surface area contributed by atoms with Crippen LogP contribution in [0.1, 0.15) is 38.4 Å². The third kappa shape index (κ3) is 2.32. The zero-order valence-electron chi connectivity index (χ0n) is 10.3. The van der Waals surface area contributed by atoms with Crippen LogP contribution in [0.5, 0.6) is 0 Å². The van der Waals surface area contributed by atoms with Gasteiger partial charge in [0.25, 0.3) is 0 Å². The van der Waals surface area contributed by atoms with Gasteiger partial charge in [-0.1, -0.05) is 6.42 Å². The second-order valence-electron chi connectivity index (χ2n) is 5.70. The monoisotopic (exact) mass is 297 g/mol. The molecule has 94 valence electrons. The first kappa shape index (κ1) is 11.8. The van der Waals surface area contributed by atoms with E-state index in [-0.39, 0.29) is 0 Å². The highest BCUT2D eigenvalue weighted by molar-refractivity contribution is 9.10. The smallest absolute Gasteiger partial charge is 0.131 e. The molecule has 2 aliphatic rings. The number of fused-ring (bicyclic) bond motifs is 2.